The number of rotatable bonds is 5. The predicted molar refractivity (Wildman–Crippen MR) is 48.8 cm³/mol. The summed E-state index contributed by atoms with van der Waals surface area (Å²) in [6.07, 6.45) is 0. The lowest BCUT2D eigenvalue weighted by atomic mass is 10.1. The number of ether oxygens (including phenoxy) is 1. The first-order chi connectivity index (χ1) is 5.81. The Hall–Kier alpha value is -1.23. The molecule has 0 aromatic carbocycles. The maximum atomic E-state index is 10.7. The van der Waals surface area contributed by atoms with Gasteiger partial charge in [-0.05, 0) is 20.4 Å². The summed E-state index contributed by atoms with van der Waals surface area (Å²) in [6.45, 7) is 6.50. The summed E-state index contributed by atoms with van der Waals surface area (Å²) in [5.41, 5.74) is 1.48. The van der Waals surface area contributed by atoms with Gasteiger partial charge in [-0.3, -0.25) is 5.01 Å². The molecule has 0 spiro atoms. The van der Waals surface area contributed by atoms with Gasteiger partial charge in [-0.25, -0.2) is 10.2 Å². The van der Waals surface area contributed by atoms with Gasteiger partial charge in [0.05, 0.1) is 0 Å². The van der Waals surface area contributed by atoms with E-state index in [2.05, 4.69) is 12.0 Å². The average Bonchev–Trinajstić information content (AvgIpc) is 2.01. The fourth-order valence-corrected chi connectivity index (χ4v) is 0.531. The fourth-order valence-electron chi connectivity index (χ4n) is 0.531. The molecule has 2 N–H and O–H groups in total. The van der Waals surface area contributed by atoms with Crippen LogP contribution in [-0.4, -0.2) is 35.8 Å². The zero-order chi connectivity index (χ0) is 10.6. The van der Waals surface area contributed by atoms with Crippen LogP contribution in [0.5, 0.6) is 0 Å². The molecule has 0 saturated heterocycles. The van der Waals surface area contributed by atoms with Crippen LogP contribution >= 0.6 is 0 Å². The topological polar surface area (TPSA) is 61.8 Å². The van der Waals surface area contributed by atoms with E-state index in [0.717, 1.165) is 0 Å². The van der Waals surface area contributed by atoms with Crippen molar-refractivity contribution in [3.05, 3.63) is 12.5 Å². The maximum absolute atomic E-state index is 10.7. The number of hydrogen-bond acceptors (Lipinski definition) is 4. The minimum absolute atomic E-state index is 0.259. The smallest absolute Gasteiger partial charge is 0.347 e. The number of carbonyl (C=O) groups is 1. The molecule has 0 bridgehead atoms. The van der Waals surface area contributed by atoms with E-state index in [-0.39, 0.29) is 5.88 Å². The minimum atomic E-state index is -1.26. The van der Waals surface area contributed by atoms with E-state index >= 15 is 0 Å². The van der Waals surface area contributed by atoms with Crippen LogP contribution in [0.1, 0.15) is 13.8 Å². The van der Waals surface area contributed by atoms with Crippen molar-refractivity contribution in [1.82, 2.24) is 10.4 Å². The van der Waals surface area contributed by atoms with Gasteiger partial charge >= 0.3 is 5.97 Å². The van der Waals surface area contributed by atoms with Gasteiger partial charge in [0.1, 0.15) is 0 Å². The van der Waals surface area contributed by atoms with Crippen molar-refractivity contribution in [1.29, 1.82) is 0 Å². The Kier molecular flexibility index (Phi) is 3.74. The van der Waals surface area contributed by atoms with Crippen molar-refractivity contribution < 1.29 is 14.6 Å². The molecule has 0 aliphatic heterocycles. The highest BCUT2D eigenvalue weighted by molar-refractivity contribution is 5.76. The molecule has 0 radical (unpaired) electrons. The normalized spacial score (nSPS) is 10.8. The molecular formula is C8H16N2O3. The Morgan fingerprint density at radius 1 is 1.62 bits per heavy atom. The third kappa shape index (κ3) is 3.33. The largest absolute Gasteiger partial charge is 0.478 e. The molecule has 0 unspecified atom stereocenters. The minimum Gasteiger partial charge on any atom is -0.478 e. The van der Waals surface area contributed by atoms with Gasteiger partial charge in [-0.2, -0.15) is 0 Å². The summed E-state index contributed by atoms with van der Waals surface area (Å²) in [4.78, 5) is 10.7. The van der Waals surface area contributed by atoms with Crippen molar-refractivity contribution in [2.24, 2.45) is 0 Å². The molecule has 0 aromatic rings. The van der Waals surface area contributed by atoms with Gasteiger partial charge in [0, 0.05) is 14.1 Å². The third-order valence-electron chi connectivity index (χ3n) is 1.60. The summed E-state index contributed by atoms with van der Waals surface area (Å²) < 4.78 is 5.12. The Bertz CT molecular complexity index is 213. The second-order valence-electron chi connectivity index (χ2n) is 3.09. The standard InChI is InChI=1S/C8H16N2O3/c1-6(10(5)9-4)13-8(2,3)7(11)12/h9H,1H2,2-5H3,(H,11,12). The monoisotopic (exact) mass is 188 g/mol. The molecule has 0 aliphatic rings. The Morgan fingerprint density at radius 3 is 2.38 bits per heavy atom. The van der Waals surface area contributed by atoms with Crippen LogP contribution < -0.4 is 5.43 Å². The second kappa shape index (κ2) is 4.13. The van der Waals surface area contributed by atoms with Crippen LogP contribution in [0.25, 0.3) is 0 Å². The second-order valence-corrected chi connectivity index (χ2v) is 3.09. The van der Waals surface area contributed by atoms with Gasteiger partial charge < -0.3 is 9.84 Å². The number of hydrogen-bond donors (Lipinski definition) is 2. The van der Waals surface area contributed by atoms with Crippen molar-refractivity contribution in [3.8, 4) is 0 Å². The third-order valence-corrected chi connectivity index (χ3v) is 1.60. The summed E-state index contributed by atoms with van der Waals surface area (Å²) in [5, 5.41) is 10.2. The molecule has 0 fully saturated rings. The number of carboxylic acid groups (broad SMARTS) is 1. The van der Waals surface area contributed by atoms with E-state index in [1.54, 1.807) is 14.1 Å². The van der Waals surface area contributed by atoms with E-state index in [1.807, 2.05) is 0 Å². The Balaban J connectivity index is 4.28. The molecule has 13 heavy (non-hydrogen) atoms. The number of aliphatic carboxylic acids is 1. The molecule has 0 heterocycles. The van der Waals surface area contributed by atoms with E-state index in [0.29, 0.717) is 0 Å². The lowest BCUT2D eigenvalue weighted by molar-refractivity contribution is -0.159. The fraction of sp³-hybridized carbons (Fsp3) is 0.625. The first kappa shape index (κ1) is 11.8. The summed E-state index contributed by atoms with van der Waals surface area (Å²) in [5.74, 6) is -0.770. The van der Waals surface area contributed by atoms with Gasteiger partial charge in [0.15, 0.2) is 5.88 Å². The zero-order valence-electron chi connectivity index (χ0n) is 8.42. The van der Waals surface area contributed by atoms with Crippen molar-refractivity contribution in [2.45, 2.75) is 19.4 Å². The average molecular weight is 188 g/mol. The van der Waals surface area contributed by atoms with Crippen molar-refractivity contribution >= 4 is 5.97 Å². The first-order valence-electron chi connectivity index (χ1n) is 3.83. The van der Waals surface area contributed by atoms with Crippen molar-refractivity contribution in [2.75, 3.05) is 14.1 Å². The van der Waals surface area contributed by atoms with Gasteiger partial charge in [-0.1, -0.05) is 0 Å². The molecular weight excluding hydrogens is 172 g/mol. The van der Waals surface area contributed by atoms with Gasteiger partial charge in [-0.15, -0.1) is 0 Å². The Morgan fingerprint density at radius 2 is 2.08 bits per heavy atom. The highest BCUT2D eigenvalue weighted by atomic mass is 16.5. The van der Waals surface area contributed by atoms with Crippen LogP contribution in [0, 0.1) is 0 Å². The van der Waals surface area contributed by atoms with E-state index in [4.69, 9.17) is 9.84 Å². The lowest BCUT2D eigenvalue weighted by Crippen LogP contribution is -2.39. The van der Waals surface area contributed by atoms with Gasteiger partial charge in [0.2, 0.25) is 5.60 Å². The summed E-state index contributed by atoms with van der Waals surface area (Å²) >= 11 is 0. The van der Waals surface area contributed by atoms with Crippen LogP contribution in [0.2, 0.25) is 0 Å². The number of nitrogens with zero attached hydrogens (tertiary/aromatic N) is 1. The number of carboxylic acids is 1. The highest BCUT2D eigenvalue weighted by Gasteiger charge is 2.30. The quantitative estimate of drug-likeness (QED) is 0.483. The molecule has 0 atom stereocenters. The molecule has 0 aliphatic carbocycles. The first-order valence-corrected chi connectivity index (χ1v) is 3.83. The molecule has 0 amide bonds. The predicted octanol–water partition coefficient (Wildman–Crippen LogP) is 0.404. The molecule has 5 nitrogen and oxygen atoms in total. The van der Waals surface area contributed by atoms with E-state index in [1.165, 1.54) is 18.9 Å². The van der Waals surface area contributed by atoms with Crippen molar-refractivity contribution in [3.63, 3.8) is 0 Å². The summed E-state index contributed by atoms with van der Waals surface area (Å²) in [7, 11) is 3.36. The molecule has 5 heteroatoms. The van der Waals surface area contributed by atoms with Crippen LogP contribution in [0.4, 0.5) is 0 Å². The van der Waals surface area contributed by atoms with Crippen LogP contribution in [0.15, 0.2) is 12.5 Å². The summed E-state index contributed by atoms with van der Waals surface area (Å²) in [6, 6.07) is 0. The zero-order valence-corrected chi connectivity index (χ0v) is 8.42. The SMILES string of the molecule is C=C(OC(C)(C)C(=O)O)N(C)NC. The molecule has 0 aromatic heterocycles. The van der Waals surface area contributed by atoms with E-state index < -0.39 is 11.6 Å². The van der Waals surface area contributed by atoms with E-state index in [9.17, 15) is 4.79 Å². The molecule has 76 valence electrons. The molecule has 0 rings (SSSR count). The molecule has 0 saturated carbocycles. The van der Waals surface area contributed by atoms with Crippen LogP contribution in [0.3, 0.4) is 0 Å². The van der Waals surface area contributed by atoms with Crippen LogP contribution in [-0.2, 0) is 9.53 Å². The maximum Gasteiger partial charge on any atom is 0.347 e. The number of hydrazine groups is 1. The number of nitrogens with one attached hydrogen (secondary N) is 1. The van der Waals surface area contributed by atoms with Gasteiger partial charge in [0.25, 0.3) is 0 Å². The Labute approximate surface area is 78.0 Å². The lowest BCUT2D eigenvalue weighted by Gasteiger charge is -2.27. The highest BCUT2D eigenvalue weighted by Crippen LogP contribution is 2.14.